The van der Waals surface area contributed by atoms with Gasteiger partial charge in [-0.15, -0.1) is 0 Å². The highest BCUT2D eigenvalue weighted by Crippen LogP contribution is 2.31. The molecule has 0 saturated heterocycles. The average Bonchev–Trinajstić information content (AvgIpc) is 2.82. The Morgan fingerprint density at radius 3 is 2.52 bits per heavy atom. The third-order valence-electron chi connectivity index (χ3n) is 4.87. The molecule has 0 aromatic carbocycles. The van der Waals surface area contributed by atoms with Gasteiger partial charge in [-0.25, -0.2) is 0 Å². The minimum Gasteiger partial charge on any atom is -0.481 e. The maximum Gasteiger partial charge on any atom is 0.303 e. The monoisotopic (exact) mass is 352 g/mol. The lowest BCUT2D eigenvalue weighted by atomic mass is 9.89. The number of allylic oxidation sites excluding steroid dienone is 1. The van der Waals surface area contributed by atoms with E-state index in [1.807, 2.05) is 0 Å². The van der Waals surface area contributed by atoms with E-state index in [0.717, 1.165) is 38.5 Å². The number of carbonyl (C=O) groups is 3. The summed E-state index contributed by atoms with van der Waals surface area (Å²) in [6.07, 6.45) is 10.7. The lowest BCUT2D eigenvalue weighted by molar-refractivity contribution is -0.137. The summed E-state index contributed by atoms with van der Waals surface area (Å²) in [4.78, 5) is 34.6. The standard InChI is InChI=1S/C20H32O5/c1-2-3-6-9-15(21)12-13-17-16(18(22)14-19(17)23)10-7-4-5-8-11-20(24)25/h12-13,15-17,21H,2-11,14H2,1H3,(H,24,25)/b13-12-/t15-,16+,17+/m0/s1. The number of carboxylic acid groups (broad SMARTS) is 1. The predicted molar refractivity (Wildman–Crippen MR) is 96.2 cm³/mol. The van der Waals surface area contributed by atoms with Crippen LogP contribution in [-0.4, -0.2) is 33.9 Å². The zero-order valence-electron chi connectivity index (χ0n) is 15.3. The Morgan fingerprint density at radius 2 is 1.84 bits per heavy atom. The van der Waals surface area contributed by atoms with E-state index in [2.05, 4.69) is 6.92 Å². The highest BCUT2D eigenvalue weighted by atomic mass is 16.4. The Hall–Kier alpha value is -1.49. The van der Waals surface area contributed by atoms with Crippen LogP contribution in [0.1, 0.15) is 77.6 Å². The first kappa shape index (κ1) is 21.6. The summed E-state index contributed by atoms with van der Waals surface area (Å²) in [5.74, 6) is -1.48. The quantitative estimate of drug-likeness (QED) is 0.300. The molecule has 0 aliphatic heterocycles. The molecule has 0 aromatic rings. The minimum atomic E-state index is -0.778. The number of ketones is 2. The van der Waals surface area contributed by atoms with Gasteiger partial charge >= 0.3 is 5.97 Å². The van der Waals surface area contributed by atoms with Crippen molar-refractivity contribution in [2.45, 2.75) is 83.7 Å². The fourth-order valence-electron chi connectivity index (χ4n) is 3.37. The number of aliphatic hydroxyl groups excluding tert-OH is 1. The topological polar surface area (TPSA) is 91.7 Å². The summed E-state index contributed by atoms with van der Waals surface area (Å²) in [5, 5.41) is 18.6. The van der Waals surface area contributed by atoms with E-state index in [1.165, 1.54) is 0 Å². The number of hydrogen-bond donors (Lipinski definition) is 2. The first-order valence-corrected chi connectivity index (χ1v) is 9.59. The van der Waals surface area contributed by atoms with Crippen molar-refractivity contribution in [2.24, 2.45) is 11.8 Å². The second-order valence-electron chi connectivity index (χ2n) is 7.04. The van der Waals surface area contributed by atoms with Crippen LogP contribution in [0.3, 0.4) is 0 Å². The van der Waals surface area contributed by atoms with Crippen molar-refractivity contribution >= 4 is 17.5 Å². The second-order valence-corrected chi connectivity index (χ2v) is 7.04. The molecule has 0 unspecified atom stereocenters. The molecule has 1 saturated carbocycles. The number of carbonyl (C=O) groups excluding carboxylic acids is 2. The van der Waals surface area contributed by atoms with Gasteiger partial charge in [-0.1, -0.05) is 57.6 Å². The van der Waals surface area contributed by atoms with Gasteiger partial charge in [0.25, 0.3) is 0 Å². The molecule has 1 aliphatic carbocycles. The summed E-state index contributed by atoms with van der Waals surface area (Å²) >= 11 is 0. The van der Waals surface area contributed by atoms with Crippen LogP contribution in [0.5, 0.6) is 0 Å². The molecule has 0 aromatic heterocycles. The van der Waals surface area contributed by atoms with Gasteiger partial charge in [0.2, 0.25) is 0 Å². The van der Waals surface area contributed by atoms with Crippen molar-refractivity contribution in [2.75, 3.05) is 0 Å². The normalized spacial score (nSPS) is 22.0. The van der Waals surface area contributed by atoms with Crippen molar-refractivity contribution < 1.29 is 24.6 Å². The lowest BCUT2D eigenvalue weighted by Crippen LogP contribution is -2.16. The van der Waals surface area contributed by atoms with Crippen LogP contribution in [0.2, 0.25) is 0 Å². The molecular weight excluding hydrogens is 320 g/mol. The predicted octanol–water partition coefficient (Wildman–Crippen LogP) is 3.68. The maximum absolute atomic E-state index is 12.1. The van der Waals surface area contributed by atoms with Crippen LogP contribution < -0.4 is 0 Å². The number of unbranched alkanes of at least 4 members (excludes halogenated alkanes) is 5. The summed E-state index contributed by atoms with van der Waals surface area (Å²) < 4.78 is 0. The van der Waals surface area contributed by atoms with E-state index >= 15 is 0 Å². The van der Waals surface area contributed by atoms with Crippen LogP contribution in [-0.2, 0) is 14.4 Å². The molecule has 1 aliphatic rings. The Bertz CT molecular complexity index is 469. The summed E-state index contributed by atoms with van der Waals surface area (Å²) in [7, 11) is 0. The number of aliphatic hydroxyl groups is 1. The van der Waals surface area contributed by atoms with Gasteiger partial charge in [-0.05, 0) is 19.3 Å². The molecule has 0 spiro atoms. The summed E-state index contributed by atoms with van der Waals surface area (Å²) in [5.41, 5.74) is 0. The number of Topliss-reactive ketones (excluding diaryl/α,β-unsaturated/α-hetero) is 2. The van der Waals surface area contributed by atoms with E-state index in [4.69, 9.17) is 5.11 Å². The van der Waals surface area contributed by atoms with Crippen molar-refractivity contribution in [3.63, 3.8) is 0 Å². The smallest absolute Gasteiger partial charge is 0.303 e. The number of rotatable bonds is 13. The summed E-state index contributed by atoms with van der Waals surface area (Å²) in [6.45, 7) is 2.11. The van der Waals surface area contributed by atoms with Crippen molar-refractivity contribution in [1.82, 2.24) is 0 Å². The van der Waals surface area contributed by atoms with E-state index in [1.54, 1.807) is 12.2 Å². The molecule has 142 valence electrons. The molecule has 0 bridgehead atoms. The SMILES string of the molecule is CCCCC[C@H](O)/C=C\[C@H]1C(=O)CC(=O)[C@@H]1CCCCCCC(=O)O. The van der Waals surface area contributed by atoms with Crippen molar-refractivity contribution in [3.8, 4) is 0 Å². The molecule has 1 fully saturated rings. The third kappa shape index (κ3) is 8.43. The van der Waals surface area contributed by atoms with Gasteiger partial charge in [-0.2, -0.15) is 0 Å². The van der Waals surface area contributed by atoms with Crippen molar-refractivity contribution in [1.29, 1.82) is 0 Å². The Kier molecular flexibility index (Phi) is 10.3. The van der Waals surface area contributed by atoms with Gasteiger partial charge < -0.3 is 10.2 Å². The Morgan fingerprint density at radius 1 is 1.12 bits per heavy atom. The highest BCUT2D eigenvalue weighted by Gasteiger charge is 2.39. The first-order chi connectivity index (χ1) is 12.0. The van der Waals surface area contributed by atoms with Gasteiger partial charge in [-0.3, -0.25) is 14.4 Å². The third-order valence-corrected chi connectivity index (χ3v) is 4.87. The second kappa shape index (κ2) is 12.0. The highest BCUT2D eigenvalue weighted by molar-refractivity contribution is 6.09. The van der Waals surface area contributed by atoms with Crippen LogP contribution in [0, 0.1) is 11.8 Å². The molecule has 0 radical (unpaired) electrons. The largest absolute Gasteiger partial charge is 0.481 e. The van der Waals surface area contributed by atoms with E-state index in [0.29, 0.717) is 19.3 Å². The average molecular weight is 352 g/mol. The first-order valence-electron chi connectivity index (χ1n) is 9.59. The molecular formula is C20H32O5. The fraction of sp³-hybridized carbons (Fsp3) is 0.750. The van der Waals surface area contributed by atoms with E-state index < -0.39 is 18.0 Å². The van der Waals surface area contributed by atoms with E-state index in [-0.39, 0.29) is 30.3 Å². The molecule has 1 rings (SSSR count). The fourth-order valence-corrected chi connectivity index (χ4v) is 3.37. The van der Waals surface area contributed by atoms with Gasteiger partial charge in [0.15, 0.2) is 0 Å². The van der Waals surface area contributed by atoms with Crippen molar-refractivity contribution in [3.05, 3.63) is 12.2 Å². The van der Waals surface area contributed by atoms with E-state index in [9.17, 15) is 19.5 Å². The molecule has 3 atom stereocenters. The maximum atomic E-state index is 12.1. The molecule has 0 amide bonds. The molecule has 5 heteroatoms. The summed E-state index contributed by atoms with van der Waals surface area (Å²) in [6, 6.07) is 0. The van der Waals surface area contributed by atoms with Crippen LogP contribution in [0.4, 0.5) is 0 Å². The molecule has 25 heavy (non-hydrogen) atoms. The number of carboxylic acids is 1. The number of aliphatic carboxylic acids is 1. The Labute approximate surface area is 150 Å². The Balaban J connectivity index is 2.40. The molecule has 5 nitrogen and oxygen atoms in total. The van der Waals surface area contributed by atoms with Crippen LogP contribution in [0.25, 0.3) is 0 Å². The van der Waals surface area contributed by atoms with Crippen LogP contribution in [0.15, 0.2) is 12.2 Å². The van der Waals surface area contributed by atoms with Gasteiger partial charge in [0.1, 0.15) is 11.6 Å². The molecule has 0 heterocycles. The van der Waals surface area contributed by atoms with Gasteiger partial charge in [0.05, 0.1) is 12.5 Å². The minimum absolute atomic E-state index is 0.00458. The van der Waals surface area contributed by atoms with Crippen LogP contribution >= 0.6 is 0 Å². The lowest BCUT2D eigenvalue weighted by Gasteiger charge is -2.14. The van der Waals surface area contributed by atoms with Gasteiger partial charge in [0, 0.05) is 18.3 Å². The zero-order chi connectivity index (χ0) is 18.7. The zero-order valence-corrected chi connectivity index (χ0v) is 15.3. The molecule has 2 N–H and O–H groups in total. The number of hydrogen-bond acceptors (Lipinski definition) is 4.